The molecule has 0 saturated carbocycles. The number of hydrogen-bond acceptors (Lipinski definition) is 4. The Labute approximate surface area is 190 Å². The molecule has 0 fully saturated rings. The number of alkyl halides is 1. The van der Waals surface area contributed by atoms with Crippen LogP contribution in [0.1, 0.15) is 29.0 Å². The predicted molar refractivity (Wildman–Crippen MR) is 123 cm³/mol. The highest BCUT2D eigenvalue weighted by atomic mass is 35.5. The number of thioether (sulfide) groups is 1. The summed E-state index contributed by atoms with van der Waals surface area (Å²) >= 11 is 6.72. The van der Waals surface area contributed by atoms with E-state index in [0.717, 1.165) is 21.6 Å². The third-order valence-electron chi connectivity index (χ3n) is 4.57. The van der Waals surface area contributed by atoms with Gasteiger partial charge in [0.05, 0.1) is 12.1 Å². The van der Waals surface area contributed by atoms with Crippen LogP contribution in [-0.4, -0.2) is 23.5 Å². The van der Waals surface area contributed by atoms with Crippen LogP contribution in [0.2, 0.25) is 0 Å². The smallest absolute Gasteiger partial charge is 0.333 e. The van der Waals surface area contributed by atoms with Gasteiger partial charge in [0.1, 0.15) is 5.88 Å². The zero-order chi connectivity index (χ0) is 22.1. The van der Waals surface area contributed by atoms with E-state index in [4.69, 9.17) is 17.3 Å². The number of nitrogens with one attached hydrogen (secondary N) is 2. The molecule has 1 amide bonds. The SMILES string of the molecule is [NH]c1cc(C(c2ccccc2)c2ccccc2)ccc1SCCC(=O)ONC(=O)CCl. The molecule has 5 nitrogen and oxygen atoms in total. The summed E-state index contributed by atoms with van der Waals surface area (Å²) < 4.78 is 0. The summed E-state index contributed by atoms with van der Waals surface area (Å²) in [6.45, 7) is 0. The van der Waals surface area contributed by atoms with Crippen LogP contribution in [0.15, 0.2) is 83.8 Å². The standard InChI is InChI=1S/C24H22ClN2O3S/c25-16-22(28)27-30-23(29)13-14-31-21-12-11-19(15-20(21)26)24(17-7-3-1-4-8-17)18-9-5-2-6-10-18/h1-12,15,24,26H,13-14,16H2,(H,27,28). The molecular formula is C24H22ClN2O3S. The third-order valence-corrected chi connectivity index (χ3v) is 5.88. The normalized spacial score (nSPS) is 10.6. The number of halogens is 1. The molecule has 3 rings (SSSR count). The van der Waals surface area contributed by atoms with E-state index in [9.17, 15) is 9.59 Å². The molecule has 7 heteroatoms. The van der Waals surface area contributed by atoms with Crippen LogP contribution >= 0.6 is 23.4 Å². The highest BCUT2D eigenvalue weighted by molar-refractivity contribution is 7.99. The minimum Gasteiger partial charge on any atom is -0.341 e. The van der Waals surface area contributed by atoms with Crippen LogP contribution in [0, 0.1) is 0 Å². The highest BCUT2D eigenvalue weighted by Crippen LogP contribution is 2.36. The summed E-state index contributed by atoms with van der Waals surface area (Å²) in [5.41, 5.74) is 14.2. The molecule has 0 aromatic heterocycles. The van der Waals surface area contributed by atoms with Gasteiger partial charge in [0.25, 0.3) is 5.91 Å². The molecule has 0 atom stereocenters. The van der Waals surface area contributed by atoms with Crippen molar-refractivity contribution >= 4 is 40.9 Å². The van der Waals surface area contributed by atoms with E-state index in [1.54, 1.807) is 0 Å². The van der Waals surface area contributed by atoms with E-state index in [1.165, 1.54) is 11.8 Å². The quantitative estimate of drug-likeness (QED) is 0.223. The summed E-state index contributed by atoms with van der Waals surface area (Å²) in [5.74, 6) is -0.933. The summed E-state index contributed by atoms with van der Waals surface area (Å²) in [6.07, 6.45) is 0.102. The van der Waals surface area contributed by atoms with Gasteiger partial charge in [-0.05, 0) is 28.8 Å². The molecular weight excluding hydrogens is 432 g/mol. The van der Waals surface area contributed by atoms with Crippen LogP contribution < -0.4 is 11.2 Å². The molecule has 159 valence electrons. The molecule has 3 aromatic carbocycles. The van der Waals surface area contributed by atoms with Crippen molar-refractivity contribution in [3.05, 3.63) is 95.6 Å². The molecule has 0 saturated heterocycles. The number of benzene rings is 3. The number of hydroxylamine groups is 1. The van der Waals surface area contributed by atoms with Gasteiger partial charge in [-0.15, -0.1) is 23.4 Å². The van der Waals surface area contributed by atoms with Crippen molar-refractivity contribution < 1.29 is 14.4 Å². The maximum atomic E-state index is 11.7. The molecule has 0 spiro atoms. The lowest BCUT2D eigenvalue weighted by atomic mass is 9.85. The van der Waals surface area contributed by atoms with Crippen molar-refractivity contribution in [2.24, 2.45) is 0 Å². The second-order valence-electron chi connectivity index (χ2n) is 6.74. The van der Waals surface area contributed by atoms with Gasteiger partial charge in [-0.3, -0.25) is 10.5 Å². The van der Waals surface area contributed by atoms with Gasteiger partial charge in [-0.1, -0.05) is 66.7 Å². The summed E-state index contributed by atoms with van der Waals surface area (Å²) in [7, 11) is 0. The minimum atomic E-state index is -0.571. The number of carbonyl (C=O) groups is 2. The monoisotopic (exact) mass is 453 g/mol. The zero-order valence-electron chi connectivity index (χ0n) is 16.7. The average molecular weight is 454 g/mol. The second-order valence-corrected chi connectivity index (χ2v) is 8.15. The Balaban J connectivity index is 1.70. The van der Waals surface area contributed by atoms with Crippen LogP contribution in [-0.2, 0) is 14.4 Å². The zero-order valence-corrected chi connectivity index (χ0v) is 18.3. The van der Waals surface area contributed by atoms with Crippen LogP contribution in [0.3, 0.4) is 0 Å². The summed E-state index contributed by atoms with van der Waals surface area (Å²) in [5, 5.41) is 0. The van der Waals surface area contributed by atoms with E-state index >= 15 is 0 Å². The first-order chi connectivity index (χ1) is 15.1. The molecule has 0 aliphatic rings. The van der Waals surface area contributed by atoms with E-state index < -0.39 is 11.9 Å². The van der Waals surface area contributed by atoms with Gasteiger partial charge in [-0.25, -0.2) is 4.79 Å². The Bertz CT molecular complexity index is 976. The lowest BCUT2D eigenvalue weighted by Crippen LogP contribution is -2.28. The fourth-order valence-electron chi connectivity index (χ4n) is 3.16. The molecule has 3 aromatic rings. The van der Waals surface area contributed by atoms with Crippen LogP contribution in [0.25, 0.3) is 0 Å². The largest absolute Gasteiger partial charge is 0.341 e. The van der Waals surface area contributed by atoms with Gasteiger partial charge in [-0.2, -0.15) is 5.48 Å². The molecule has 0 aliphatic carbocycles. The van der Waals surface area contributed by atoms with Gasteiger partial charge in [0, 0.05) is 16.6 Å². The van der Waals surface area contributed by atoms with Crippen molar-refractivity contribution in [1.29, 1.82) is 0 Å². The number of hydrogen-bond donors (Lipinski definition) is 1. The first-order valence-corrected chi connectivity index (χ1v) is 11.2. The number of carbonyl (C=O) groups excluding carboxylic acids is 2. The highest BCUT2D eigenvalue weighted by Gasteiger charge is 2.18. The van der Waals surface area contributed by atoms with Crippen molar-refractivity contribution in [3.8, 4) is 0 Å². The second kappa shape index (κ2) is 11.4. The molecule has 0 aliphatic heterocycles. The predicted octanol–water partition coefficient (Wildman–Crippen LogP) is 5.08. The lowest BCUT2D eigenvalue weighted by Gasteiger charge is -2.20. The third kappa shape index (κ3) is 6.51. The Morgan fingerprint density at radius 2 is 1.55 bits per heavy atom. The minimum absolute atomic E-state index is 0.0334. The van der Waals surface area contributed by atoms with Crippen molar-refractivity contribution in [3.63, 3.8) is 0 Å². The molecule has 1 radical (unpaired) electrons. The maximum absolute atomic E-state index is 11.7. The maximum Gasteiger partial charge on any atom is 0.333 e. The molecule has 31 heavy (non-hydrogen) atoms. The summed E-state index contributed by atoms with van der Waals surface area (Å²) in [4.78, 5) is 28.1. The van der Waals surface area contributed by atoms with E-state index in [2.05, 4.69) is 29.1 Å². The fraction of sp³-hybridized carbons (Fsp3) is 0.167. The Kier molecular flexibility index (Phi) is 8.38. The van der Waals surface area contributed by atoms with Gasteiger partial charge in [0.2, 0.25) is 0 Å². The van der Waals surface area contributed by atoms with Crippen molar-refractivity contribution in [2.45, 2.75) is 17.2 Å². The first-order valence-electron chi connectivity index (χ1n) is 9.71. The van der Waals surface area contributed by atoms with Crippen molar-refractivity contribution in [1.82, 2.24) is 11.2 Å². The summed E-state index contributed by atoms with van der Waals surface area (Å²) in [6, 6.07) is 26.3. The van der Waals surface area contributed by atoms with E-state index in [-0.39, 0.29) is 18.2 Å². The number of rotatable bonds is 8. The van der Waals surface area contributed by atoms with Gasteiger partial charge in [0.15, 0.2) is 0 Å². The van der Waals surface area contributed by atoms with Gasteiger partial charge >= 0.3 is 5.97 Å². The molecule has 2 N–H and O–H groups in total. The molecule has 0 bridgehead atoms. The van der Waals surface area contributed by atoms with Gasteiger partial charge < -0.3 is 4.84 Å². The van der Waals surface area contributed by atoms with Crippen LogP contribution in [0.4, 0.5) is 5.69 Å². The van der Waals surface area contributed by atoms with E-state index in [1.807, 2.05) is 60.1 Å². The van der Waals surface area contributed by atoms with E-state index in [0.29, 0.717) is 11.4 Å². The Hall–Kier alpha value is -2.96. The fourth-order valence-corrected chi connectivity index (χ4v) is 4.08. The molecule has 0 unspecified atom stereocenters. The number of amides is 1. The molecule has 0 heterocycles. The Morgan fingerprint density at radius 3 is 2.10 bits per heavy atom. The van der Waals surface area contributed by atoms with Crippen molar-refractivity contribution in [2.75, 3.05) is 11.6 Å². The average Bonchev–Trinajstić information content (AvgIpc) is 2.80. The van der Waals surface area contributed by atoms with Crippen LogP contribution in [0.5, 0.6) is 0 Å². The topological polar surface area (TPSA) is 79.2 Å². The Morgan fingerprint density at radius 1 is 0.935 bits per heavy atom. The first kappa shape index (κ1) is 22.7. The lowest BCUT2D eigenvalue weighted by molar-refractivity contribution is -0.156.